The van der Waals surface area contributed by atoms with E-state index in [2.05, 4.69) is 132 Å². The van der Waals surface area contributed by atoms with E-state index in [1.165, 1.54) is 21.5 Å². The molecule has 0 aliphatic rings. The van der Waals surface area contributed by atoms with Crippen molar-refractivity contribution in [3.8, 4) is 17.0 Å². The van der Waals surface area contributed by atoms with Crippen molar-refractivity contribution in [2.24, 2.45) is 0 Å². The zero-order chi connectivity index (χ0) is 28.1. The van der Waals surface area contributed by atoms with E-state index < -0.39 is 0 Å². The number of furan rings is 2. The van der Waals surface area contributed by atoms with Gasteiger partial charge in [0.2, 0.25) is 0 Å². The van der Waals surface area contributed by atoms with E-state index in [1.807, 2.05) is 12.1 Å². The van der Waals surface area contributed by atoms with Crippen LogP contribution in [0.25, 0.3) is 93.3 Å². The van der Waals surface area contributed by atoms with Gasteiger partial charge in [0.25, 0.3) is 0 Å². The summed E-state index contributed by atoms with van der Waals surface area (Å²) in [6.45, 7) is 0. The summed E-state index contributed by atoms with van der Waals surface area (Å²) in [7, 11) is 0. The van der Waals surface area contributed by atoms with Crippen molar-refractivity contribution in [3.63, 3.8) is 0 Å². The van der Waals surface area contributed by atoms with Gasteiger partial charge in [0.15, 0.2) is 5.58 Å². The fourth-order valence-electron chi connectivity index (χ4n) is 7.06. The lowest BCUT2D eigenvalue weighted by Crippen LogP contribution is -1.94. The number of benzene rings is 7. The maximum absolute atomic E-state index is 6.87. The second-order valence-electron chi connectivity index (χ2n) is 11.3. The maximum atomic E-state index is 6.87. The first-order valence-electron chi connectivity index (χ1n) is 14.6. The zero-order valence-electron chi connectivity index (χ0n) is 23.0. The molecule has 0 fully saturated rings. The van der Waals surface area contributed by atoms with Gasteiger partial charge in [-0.05, 0) is 64.0 Å². The fraction of sp³-hybridized carbons (Fsp3) is 0. The van der Waals surface area contributed by atoms with Gasteiger partial charge in [0.1, 0.15) is 16.9 Å². The Morgan fingerprint density at radius 1 is 0.419 bits per heavy atom. The number of fused-ring (bicyclic) bond motifs is 9. The minimum atomic E-state index is 0.847. The minimum absolute atomic E-state index is 0.847. The van der Waals surface area contributed by atoms with E-state index in [0.717, 1.165) is 71.7 Å². The summed E-state index contributed by atoms with van der Waals surface area (Å²) >= 11 is 0. The topological polar surface area (TPSA) is 31.2 Å². The van der Waals surface area contributed by atoms with E-state index in [-0.39, 0.29) is 0 Å². The Morgan fingerprint density at radius 3 is 1.98 bits per heavy atom. The Morgan fingerprint density at radius 2 is 1.12 bits per heavy atom. The van der Waals surface area contributed by atoms with Crippen molar-refractivity contribution in [2.75, 3.05) is 0 Å². The minimum Gasteiger partial charge on any atom is -0.456 e. The number of hydrogen-bond donors (Lipinski definition) is 0. The van der Waals surface area contributed by atoms with Gasteiger partial charge in [-0.1, -0.05) is 97.1 Å². The molecule has 0 aliphatic carbocycles. The molecule has 0 spiro atoms. The number of aromatic nitrogens is 1. The first kappa shape index (κ1) is 22.8. The Bertz CT molecular complexity index is 2700. The highest BCUT2D eigenvalue weighted by molar-refractivity contribution is 6.22. The van der Waals surface area contributed by atoms with Crippen LogP contribution >= 0.6 is 0 Å². The number of nitrogens with zero attached hydrogens (tertiary/aromatic N) is 1. The molecule has 3 nitrogen and oxygen atoms in total. The summed E-state index contributed by atoms with van der Waals surface area (Å²) in [5.74, 6) is 0.847. The van der Waals surface area contributed by atoms with Crippen molar-refractivity contribution in [1.29, 1.82) is 0 Å². The van der Waals surface area contributed by atoms with E-state index >= 15 is 0 Å². The summed E-state index contributed by atoms with van der Waals surface area (Å²) in [6.07, 6.45) is 0. The van der Waals surface area contributed by atoms with Gasteiger partial charge in [-0.15, -0.1) is 0 Å². The van der Waals surface area contributed by atoms with E-state index in [1.54, 1.807) is 0 Å². The fourth-order valence-corrected chi connectivity index (χ4v) is 7.06. The van der Waals surface area contributed by atoms with Crippen LogP contribution in [0.15, 0.2) is 148 Å². The third-order valence-corrected chi connectivity index (χ3v) is 8.94. The van der Waals surface area contributed by atoms with Crippen molar-refractivity contribution in [1.82, 2.24) is 4.57 Å². The van der Waals surface area contributed by atoms with E-state index in [0.29, 0.717) is 0 Å². The molecule has 0 aliphatic heterocycles. The van der Waals surface area contributed by atoms with Crippen LogP contribution in [-0.2, 0) is 0 Å². The van der Waals surface area contributed by atoms with Gasteiger partial charge >= 0.3 is 0 Å². The Hall–Kier alpha value is -5.80. The molecule has 7 aromatic carbocycles. The number of rotatable bonds is 2. The Labute approximate surface area is 245 Å². The lowest BCUT2D eigenvalue weighted by molar-refractivity contribution is 0.632. The van der Waals surface area contributed by atoms with Crippen LogP contribution in [0.3, 0.4) is 0 Å². The summed E-state index contributed by atoms with van der Waals surface area (Å²) in [6, 6.07) is 49.3. The average Bonchev–Trinajstić information content (AvgIpc) is 3.74. The van der Waals surface area contributed by atoms with Gasteiger partial charge < -0.3 is 13.4 Å². The molecular formula is C40H23NO2. The predicted octanol–water partition coefficient (Wildman–Crippen LogP) is 11.4. The molecule has 200 valence electrons. The molecule has 0 amide bonds. The van der Waals surface area contributed by atoms with Crippen LogP contribution in [0.2, 0.25) is 0 Å². The first-order chi connectivity index (χ1) is 21.3. The molecule has 10 rings (SSSR count). The summed E-state index contributed by atoms with van der Waals surface area (Å²) in [5.41, 5.74) is 7.00. The normalized spacial score (nSPS) is 12.2. The molecule has 0 atom stereocenters. The van der Waals surface area contributed by atoms with Gasteiger partial charge in [-0.3, -0.25) is 0 Å². The predicted molar refractivity (Wildman–Crippen MR) is 178 cm³/mol. The summed E-state index contributed by atoms with van der Waals surface area (Å²) < 4.78 is 15.7. The smallest absolute Gasteiger partial charge is 0.159 e. The molecular weight excluding hydrogens is 526 g/mol. The second-order valence-corrected chi connectivity index (χ2v) is 11.3. The van der Waals surface area contributed by atoms with Crippen molar-refractivity contribution in [3.05, 3.63) is 140 Å². The highest BCUT2D eigenvalue weighted by atomic mass is 16.3. The third-order valence-electron chi connectivity index (χ3n) is 8.94. The molecule has 10 aromatic rings. The molecule has 0 radical (unpaired) electrons. The third kappa shape index (κ3) is 3.14. The van der Waals surface area contributed by atoms with Crippen molar-refractivity contribution >= 4 is 76.3 Å². The monoisotopic (exact) mass is 549 g/mol. The molecule has 0 unspecified atom stereocenters. The number of hydrogen-bond acceptors (Lipinski definition) is 2. The molecule has 3 heterocycles. The maximum Gasteiger partial charge on any atom is 0.159 e. The van der Waals surface area contributed by atoms with Crippen molar-refractivity contribution < 1.29 is 8.83 Å². The highest BCUT2D eigenvalue weighted by Gasteiger charge is 2.22. The van der Waals surface area contributed by atoms with Crippen molar-refractivity contribution in [2.45, 2.75) is 0 Å². The van der Waals surface area contributed by atoms with Gasteiger partial charge in [0, 0.05) is 32.5 Å². The largest absolute Gasteiger partial charge is 0.456 e. The Balaban J connectivity index is 1.36. The second kappa shape index (κ2) is 8.37. The van der Waals surface area contributed by atoms with Crippen LogP contribution in [0.5, 0.6) is 0 Å². The quantitative estimate of drug-likeness (QED) is 0.215. The molecule has 3 heteroatoms. The zero-order valence-corrected chi connectivity index (χ0v) is 23.0. The molecule has 0 N–H and O–H groups in total. The lowest BCUT2D eigenvalue weighted by Gasteiger charge is -2.09. The van der Waals surface area contributed by atoms with Crippen LogP contribution in [0, 0.1) is 0 Å². The van der Waals surface area contributed by atoms with E-state index in [4.69, 9.17) is 8.83 Å². The molecule has 3 aromatic heterocycles. The number of para-hydroxylation sites is 3. The summed E-state index contributed by atoms with van der Waals surface area (Å²) in [4.78, 5) is 0. The molecule has 43 heavy (non-hydrogen) atoms. The molecule has 0 bridgehead atoms. The Kier molecular flexibility index (Phi) is 4.45. The van der Waals surface area contributed by atoms with Crippen LogP contribution in [0.1, 0.15) is 0 Å². The first-order valence-corrected chi connectivity index (χ1v) is 14.6. The summed E-state index contributed by atoms with van der Waals surface area (Å²) in [5, 5.41) is 10.4. The molecule has 0 saturated heterocycles. The highest BCUT2D eigenvalue weighted by Crippen LogP contribution is 2.45. The standard InChI is InChI=1S/C40H23NO2/c1-2-11-25-21-34-31(20-24(25)10-1)29-15-6-7-17-32(29)41(34)33-18-9-16-30-39-37(43-40(30)33)22-26-12-3-5-14-28(26)38(39)36-23-27-13-4-8-19-35(27)42-36/h1-23H. The van der Waals surface area contributed by atoms with Crippen LogP contribution in [0.4, 0.5) is 0 Å². The van der Waals surface area contributed by atoms with E-state index in [9.17, 15) is 0 Å². The molecule has 0 saturated carbocycles. The van der Waals surface area contributed by atoms with Crippen LogP contribution < -0.4 is 0 Å². The lowest BCUT2D eigenvalue weighted by atomic mass is 9.96. The van der Waals surface area contributed by atoms with Gasteiger partial charge in [-0.25, -0.2) is 0 Å². The van der Waals surface area contributed by atoms with Gasteiger partial charge in [-0.2, -0.15) is 0 Å². The SMILES string of the molecule is c1ccc2cc3c(cc2c1)c1ccccc1n3-c1cccc2c1oc1cc3ccccc3c(-c3cc4ccccc4o3)c12. The van der Waals surface area contributed by atoms with Gasteiger partial charge in [0.05, 0.1) is 16.7 Å². The average molecular weight is 550 g/mol. The van der Waals surface area contributed by atoms with Crippen LogP contribution in [-0.4, -0.2) is 4.57 Å².